The minimum absolute atomic E-state index is 0.657. The van der Waals surface area contributed by atoms with Crippen LogP contribution < -0.4 is 4.74 Å². The second-order valence-corrected chi connectivity index (χ2v) is 2.44. The van der Waals surface area contributed by atoms with Crippen LogP contribution in [0.25, 0.3) is 10.9 Å². The van der Waals surface area contributed by atoms with Crippen molar-refractivity contribution in [1.82, 2.24) is 5.16 Å². The highest BCUT2D eigenvalue weighted by molar-refractivity contribution is 5.83. The van der Waals surface area contributed by atoms with E-state index in [4.69, 9.17) is 9.26 Å². The zero-order valence-corrected chi connectivity index (χ0v) is 6.78. The van der Waals surface area contributed by atoms with E-state index in [0.29, 0.717) is 6.61 Å². The molecule has 0 atom stereocenters. The molecule has 0 N–H and O–H groups in total. The van der Waals surface area contributed by atoms with Gasteiger partial charge in [-0.2, -0.15) is 0 Å². The van der Waals surface area contributed by atoms with E-state index in [2.05, 4.69) is 5.16 Å². The Balaban J connectivity index is 2.57. The molecule has 0 saturated carbocycles. The Kier molecular flexibility index (Phi) is 1.70. The zero-order chi connectivity index (χ0) is 8.39. The molecule has 3 nitrogen and oxygen atoms in total. The first-order valence-electron chi connectivity index (χ1n) is 3.87. The van der Waals surface area contributed by atoms with Crippen LogP contribution >= 0.6 is 0 Å². The molecule has 0 bridgehead atoms. The molecule has 1 aromatic heterocycles. The summed E-state index contributed by atoms with van der Waals surface area (Å²) in [5, 5.41) is 4.74. The molecule has 0 fully saturated rings. The summed E-state index contributed by atoms with van der Waals surface area (Å²) in [5.74, 6) is 0.830. The average Bonchev–Trinajstić information content (AvgIpc) is 2.53. The first-order chi connectivity index (χ1) is 5.92. The van der Waals surface area contributed by atoms with Gasteiger partial charge in [-0.1, -0.05) is 11.2 Å². The number of rotatable bonds is 2. The van der Waals surface area contributed by atoms with Gasteiger partial charge in [-0.3, -0.25) is 0 Å². The maximum atomic E-state index is 5.38. The van der Waals surface area contributed by atoms with Crippen molar-refractivity contribution in [3.63, 3.8) is 0 Å². The van der Waals surface area contributed by atoms with E-state index in [1.54, 1.807) is 6.26 Å². The Morgan fingerprint density at radius 1 is 1.50 bits per heavy atom. The molecule has 2 rings (SSSR count). The van der Waals surface area contributed by atoms with Crippen molar-refractivity contribution < 1.29 is 9.26 Å². The number of ether oxygens (including phenoxy) is 1. The molecule has 0 spiro atoms. The van der Waals surface area contributed by atoms with Crippen LogP contribution in [0.15, 0.2) is 29.0 Å². The predicted molar refractivity (Wildman–Crippen MR) is 45.2 cm³/mol. The van der Waals surface area contributed by atoms with Crippen molar-refractivity contribution in [3.05, 3.63) is 24.5 Å². The van der Waals surface area contributed by atoms with E-state index < -0.39 is 0 Å². The third kappa shape index (κ3) is 1.03. The van der Waals surface area contributed by atoms with Crippen LogP contribution in [0.2, 0.25) is 0 Å². The molecule has 12 heavy (non-hydrogen) atoms. The van der Waals surface area contributed by atoms with E-state index in [-0.39, 0.29) is 0 Å². The van der Waals surface area contributed by atoms with Gasteiger partial charge in [0, 0.05) is 0 Å². The molecular weight excluding hydrogens is 154 g/mol. The molecule has 1 heterocycles. The highest BCUT2D eigenvalue weighted by Crippen LogP contribution is 2.23. The van der Waals surface area contributed by atoms with Gasteiger partial charge in [0.2, 0.25) is 0 Å². The van der Waals surface area contributed by atoms with Crippen LogP contribution in [0.3, 0.4) is 0 Å². The first-order valence-corrected chi connectivity index (χ1v) is 3.87. The van der Waals surface area contributed by atoms with E-state index >= 15 is 0 Å². The lowest BCUT2D eigenvalue weighted by Crippen LogP contribution is -1.90. The second kappa shape index (κ2) is 2.85. The van der Waals surface area contributed by atoms with Crippen molar-refractivity contribution >= 4 is 10.9 Å². The summed E-state index contributed by atoms with van der Waals surface area (Å²) in [4.78, 5) is 0. The number of hydrogen-bond donors (Lipinski definition) is 0. The summed E-state index contributed by atoms with van der Waals surface area (Å²) in [6.07, 6.45) is 1.60. The van der Waals surface area contributed by atoms with Gasteiger partial charge in [0.1, 0.15) is 17.5 Å². The molecule has 0 aliphatic rings. The molecule has 0 aliphatic heterocycles. The normalized spacial score (nSPS) is 10.4. The quantitative estimate of drug-likeness (QED) is 0.680. The van der Waals surface area contributed by atoms with Gasteiger partial charge in [0.15, 0.2) is 0 Å². The standard InChI is InChI=1S/C9H9NO2/c1-2-11-9-5-3-4-8-7(9)6-12-10-8/h3-6H,2H2,1H3. The van der Waals surface area contributed by atoms with Crippen molar-refractivity contribution in [2.45, 2.75) is 6.92 Å². The molecule has 0 amide bonds. The first kappa shape index (κ1) is 7.16. The summed E-state index contributed by atoms with van der Waals surface area (Å²) >= 11 is 0. The number of aromatic nitrogens is 1. The summed E-state index contributed by atoms with van der Waals surface area (Å²) < 4.78 is 10.2. The summed E-state index contributed by atoms with van der Waals surface area (Å²) in [7, 11) is 0. The van der Waals surface area contributed by atoms with Crippen molar-refractivity contribution in [2.24, 2.45) is 0 Å². The lowest BCUT2D eigenvalue weighted by molar-refractivity contribution is 0.344. The molecule has 0 saturated heterocycles. The zero-order valence-electron chi connectivity index (χ0n) is 6.78. The van der Waals surface area contributed by atoms with E-state index in [1.807, 2.05) is 25.1 Å². The number of hydrogen-bond acceptors (Lipinski definition) is 3. The van der Waals surface area contributed by atoms with Gasteiger partial charge in [-0.15, -0.1) is 0 Å². The molecule has 0 aliphatic carbocycles. The van der Waals surface area contributed by atoms with Crippen molar-refractivity contribution in [2.75, 3.05) is 6.61 Å². The van der Waals surface area contributed by atoms with Crippen LogP contribution in [-0.2, 0) is 0 Å². The fourth-order valence-corrected chi connectivity index (χ4v) is 1.15. The lowest BCUT2D eigenvalue weighted by Gasteiger charge is -2.01. The number of benzene rings is 1. The summed E-state index contributed by atoms with van der Waals surface area (Å²) in [6, 6.07) is 5.69. The largest absolute Gasteiger partial charge is 0.493 e. The maximum Gasteiger partial charge on any atom is 0.135 e. The van der Waals surface area contributed by atoms with Gasteiger partial charge >= 0.3 is 0 Å². The van der Waals surface area contributed by atoms with Crippen LogP contribution in [0.1, 0.15) is 6.92 Å². The van der Waals surface area contributed by atoms with E-state index in [0.717, 1.165) is 16.7 Å². The highest BCUT2D eigenvalue weighted by Gasteiger charge is 2.03. The molecule has 2 aromatic rings. The molecule has 0 unspecified atom stereocenters. The second-order valence-electron chi connectivity index (χ2n) is 2.44. The Hall–Kier alpha value is -1.51. The van der Waals surface area contributed by atoms with Crippen LogP contribution in [0, 0.1) is 0 Å². The topological polar surface area (TPSA) is 35.3 Å². The van der Waals surface area contributed by atoms with Gasteiger partial charge in [-0.25, -0.2) is 0 Å². The lowest BCUT2D eigenvalue weighted by atomic mass is 10.2. The van der Waals surface area contributed by atoms with Gasteiger partial charge in [-0.05, 0) is 19.1 Å². The van der Waals surface area contributed by atoms with Gasteiger partial charge in [0.05, 0.1) is 12.0 Å². The van der Waals surface area contributed by atoms with Crippen LogP contribution in [-0.4, -0.2) is 11.8 Å². The minimum atomic E-state index is 0.657. The SMILES string of the molecule is CCOc1cccc2nocc12. The molecular formula is C9H9NO2. The Bertz CT molecular complexity index is 381. The maximum absolute atomic E-state index is 5.38. The van der Waals surface area contributed by atoms with E-state index in [1.165, 1.54) is 0 Å². The molecule has 3 heteroatoms. The Morgan fingerprint density at radius 3 is 3.25 bits per heavy atom. The van der Waals surface area contributed by atoms with Crippen LogP contribution in [0.5, 0.6) is 5.75 Å². The Morgan fingerprint density at radius 2 is 2.42 bits per heavy atom. The monoisotopic (exact) mass is 163 g/mol. The van der Waals surface area contributed by atoms with Crippen molar-refractivity contribution in [3.8, 4) is 5.75 Å². The smallest absolute Gasteiger partial charge is 0.135 e. The summed E-state index contributed by atoms with van der Waals surface area (Å²) in [6.45, 7) is 2.61. The fourth-order valence-electron chi connectivity index (χ4n) is 1.15. The third-order valence-corrected chi connectivity index (χ3v) is 1.66. The third-order valence-electron chi connectivity index (χ3n) is 1.66. The van der Waals surface area contributed by atoms with Crippen LogP contribution in [0.4, 0.5) is 0 Å². The molecule has 0 radical (unpaired) electrons. The Labute approximate surface area is 69.9 Å². The predicted octanol–water partition coefficient (Wildman–Crippen LogP) is 2.23. The summed E-state index contributed by atoms with van der Waals surface area (Å²) in [5.41, 5.74) is 0.834. The number of nitrogens with zero attached hydrogens (tertiary/aromatic N) is 1. The molecule has 62 valence electrons. The molecule has 1 aromatic carbocycles. The van der Waals surface area contributed by atoms with Gasteiger partial charge < -0.3 is 9.26 Å². The highest BCUT2D eigenvalue weighted by atomic mass is 16.5. The van der Waals surface area contributed by atoms with Gasteiger partial charge in [0.25, 0.3) is 0 Å². The van der Waals surface area contributed by atoms with Crippen molar-refractivity contribution in [1.29, 1.82) is 0 Å². The van der Waals surface area contributed by atoms with E-state index in [9.17, 15) is 0 Å². The fraction of sp³-hybridized carbons (Fsp3) is 0.222. The number of fused-ring (bicyclic) bond motifs is 1. The average molecular weight is 163 g/mol. The minimum Gasteiger partial charge on any atom is -0.493 e.